The Balaban J connectivity index is 2.51. The number of aromatic amines is 1. The number of nitrogens with two attached hydrogens (primary N) is 1. The van der Waals surface area contributed by atoms with Crippen LogP contribution in [0.5, 0.6) is 5.75 Å². The van der Waals surface area contributed by atoms with Crippen molar-refractivity contribution in [2.24, 2.45) is 0 Å². The summed E-state index contributed by atoms with van der Waals surface area (Å²) in [6.07, 6.45) is 3.21. The molecular weight excluding hydrogens is 238 g/mol. The van der Waals surface area contributed by atoms with E-state index in [-0.39, 0.29) is 0 Å². The van der Waals surface area contributed by atoms with E-state index in [1.807, 2.05) is 12.1 Å². The largest absolute Gasteiger partial charge is 0.496 e. The maximum Gasteiger partial charge on any atom is 0.153 e. The van der Waals surface area contributed by atoms with Gasteiger partial charge in [0.2, 0.25) is 0 Å². The van der Waals surface area contributed by atoms with E-state index in [1.54, 1.807) is 7.11 Å². The average molecular weight is 259 g/mol. The number of nitrogens with zero attached hydrogens (tertiary/aromatic N) is 1. The summed E-state index contributed by atoms with van der Waals surface area (Å²) in [5.74, 6) is 1.37. The first-order valence-corrected chi connectivity index (χ1v) is 6.65. The molecule has 4 nitrogen and oxygen atoms in total. The van der Waals surface area contributed by atoms with Gasteiger partial charge in [-0.25, -0.2) is 0 Å². The van der Waals surface area contributed by atoms with Gasteiger partial charge >= 0.3 is 0 Å². The molecule has 2 aromatic rings. The van der Waals surface area contributed by atoms with Crippen molar-refractivity contribution in [1.82, 2.24) is 10.2 Å². The summed E-state index contributed by atoms with van der Waals surface area (Å²) in [6, 6.07) is 6.10. The third-order valence-electron chi connectivity index (χ3n) is 3.27. The highest BCUT2D eigenvalue weighted by molar-refractivity contribution is 5.81. The van der Waals surface area contributed by atoms with Crippen LogP contribution in [0.4, 0.5) is 5.82 Å². The fourth-order valence-electron chi connectivity index (χ4n) is 2.25. The zero-order valence-electron chi connectivity index (χ0n) is 11.8. The van der Waals surface area contributed by atoms with Gasteiger partial charge in [-0.3, -0.25) is 5.10 Å². The Bertz CT molecular complexity index is 561. The molecule has 2 rings (SSSR count). The van der Waals surface area contributed by atoms with Gasteiger partial charge in [-0.05, 0) is 31.9 Å². The second kappa shape index (κ2) is 5.78. The Morgan fingerprint density at radius 2 is 2.16 bits per heavy atom. The minimum Gasteiger partial charge on any atom is -0.496 e. The lowest BCUT2D eigenvalue weighted by Gasteiger charge is -2.10. The number of ether oxygens (including phenoxy) is 1. The molecule has 0 aliphatic heterocycles. The van der Waals surface area contributed by atoms with Crippen molar-refractivity contribution in [2.75, 3.05) is 12.8 Å². The molecule has 0 saturated carbocycles. The number of nitrogen functional groups attached to an aromatic ring is 1. The van der Waals surface area contributed by atoms with Crippen LogP contribution in [0.1, 0.15) is 31.0 Å². The molecule has 3 N–H and O–H groups in total. The summed E-state index contributed by atoms with van der Waals surface area (Å²) >= 11 is 0. The highest BCUT2D eigenvalue weighted by Gasteiger charge is 2.16. The zero-order valence-corrected chi connectivity index (χ0v) is 11.8. The predicted molar refractivity (Wildman–Crippen MR) is 78.3 cm³/mol. The molecule has 0 saturated heterocycles. The number of H-pyrrole nitrogens is 1. The second-order valence-corrected chi connectivity index (χ2v) is 4.77. The maximum atomic E-state index is 6.02. The van der Waals surface area contributed by atoms with Gasteiger partial charge in [-0.15, -0.1) is 0 Å². The summed E-state index contributed by atoms with van der Waals surface area (Å²) in [6.45, 7) is 4.23. The van der Waals surface area contributed by atoms with Crippen LogP contribution in [-0.2, 0) is 6.42 Å². The maximum absolute atomic E-state index is 6.02. The molecule has 1 aromatic carbocycles. The quantitative estimate of drug-likeness (QED) is 0.865. The zero-order chi connectivity index (χ0) is 13.8. The van der Waals surface area contributed by atoms with Crippen LogP contribution in [0.15, 0.2) is 18.2 Å². The first-order chi connectivity index (χ1) is 9.17. The van der Waals surface area contributed by atoms with Gasteiger partial charge in [0.1, 0.15) is 5.75 Å². The van der Waals surface area contributed by atoms with Crippen molar-refractivity contribution in [1.29, 1.82) is 0 Å². The molecule has 0 amide bonds. The highest BCUT2D eigenvalue weighted by Crippen LogP contribution is 2.36. The van der Waals surface area contributed by atoms with Crippen molar-refractivity contribution in [3.05, 3.63) is 29.5 Å². The van der Waals surface area contributed by atoms with E-state index < -0.39 is 0 Å². The molecule has 102 valence electrons. The number of benzene rings is 1. The Morgan fingerprint density at radius 3 is 2.84 bits per heavy atom. The van der Waals surface area contributed by atoms with Gasteiger partial charge in [0.15, 0.2) is 5.82 Å². The van der Waals surface area contributed by atoms with Crippen LogP contribution in [0, 0.1) is 6.92 Å². The lowest BCUT2D eigenvalue weighted by Crippen LogP contribution is -1.95. The number of aryl methyl sites for hydroxylation is 2. The predicted octanol–water partition coefficient (Wildman–Crippen LogP) is 3.32. The van der Waals surface area contributed by atoms with E-state index in [2.05, 4.69) is 30.1 Å². The van der Waals surface area contributed by atoms with E-state index in [0.717, 1.165) is 41.8 Å². The van der Waals surface area contributed by atoms with Crippen molar-refractivity contribution in [3.8, 4) is 16.9 Å². The van der Waals surface area contributed by atoms with Crippen molar-refractivity contribution in [2.45, 2.75) is 33.1 Å². The van der Waals surface area contributed by atoms with Gasteiger partial charge < -0.3 is 10.5 Å². The normalized spacial score (nSPS) is 10.7. The summed E-state index contributed by atoms with van der Waals surface area (Å²) in [5, 5.41) is 7.20. The number of hydrogen-bond donors (Lipinski definition) is 2. The molecule has 0 radical (unpaired) electrons. The third kappa shape index (κ3) is 2.72. The number of anilines is 1. The Kier molecular flexibility index (Phi) is 4.10. The molecule has 0 unspecified atom stereocenters. The van der Waals surface area contributed by atoms with E-state index in [1.165, 1.54) is 5.56 Å². The van der Waals surface area contributed by atoms with Gasteiger partial charge in [-0.2, -0.15) is 5.10 Å². The van der Waals surface area contributed by atoms with Gasteiger partial charge in [0.05, 0.1) is 12.7 Å². The Hall–Kier alpha value is -1.97. The van der Waals surface area contributed by atoms with Crippen LogP contribution < -0.4 is 10.5 Å². The summed E-state index contributed by atoms with van der Waals surface area (Å²) in [4.78, 5) is 0. The molecule has 0 spiro atoms. The minimum atomic E-state index is 0.537. The highest BCUT2D eigenvalue weighted by atomic mass is 16.5. The van der Waals surface area contributed by atoms with Crippen LogP contribution >= 0.6 is 0 Å². The van der Waals surface area contributed by atoms with E-state index in [4.69, 9.17) is 10.5 Å². The fourth-order valence-corrected chi connectivity index (χ4v) is 2.25. The molecule has 0 bridgehead atoms. The van der Waals surface area contributed by atoms with Gasteiger partial charge in [0.25, 0.3) is 0 Å². The fraction of sp³-hybridized carbons (Fsp3) is 0.400. The molecule has 0 aliphatic carbocycles. The van der Waals surface area contributed by atoms with E-state index in [9.17, 15) is 0 Å². The number of rotatable bonds is 5. The summed E-state index contributed by atoms with van der Waals surface area (Å²) in [5.41, 5.74) is 10.3. The third-order valence-corrected chi connectivity index (χ3v) is 3.27. The number of aromatic nitrogens is 2. The topological polar surface area (TPSA) is 63.9 Å². The number of hydrogen-bond acceptors (Lipinski definition) is 3. The van der Waals surface area contributed by atoms with Crippen molar-refractivity contribution in [3.63, 3.8) is 0 Å². The molecule has 19 heavy (non-hydrogen) atoms. The van der Waals surface area contributed by atoms with Crippen LogP contribution in [0.25, 0.3) is 11.1 Å². The molecule has 1 heterocycles. The Labute approximate surface area is 114 Å². The van der Waals surface area contributed by atoms with E-state index in [0.29, 0.717) is 5.82 Å². The molecule has 1 aromatic heterocycles. The number of methoxy groups -OCH3 is 1. The first kappa shape index (κ1) is 13.5. The molecule has 0 aliphatic rings. The molecule has 4 heteroatoms. The second-order valence-electron chi connectivity index (χ2n) is 4.77. The molecule has 0 fully saturated rings. The summed E-state index contributed by atoms with van der Waals surface area (Å²) < 4.78 is 5.44. The SMILES string of the molecule is CCCCc1[nH]nc(N)c1-c1cc(C)ccc1OC. The first-order valence-electron chi connectivity index (χ1n) is 6.65. The van der Waals surface area contributed by atoms with Gasteiger partial charge in [0, 0.05) is 11.3 Å². The molecule has 0 atom stereocenters. The summed E-state index contributed by atoms with van der Waals surface area (Å²) in [7, 11) is 1.68. The number of unbranched alkanes of at least 4 members (excludes halogenated alkanes) is 1. The molecular formula is C15H21N3O. The van der Waals surface area contributed by atoms with Gasteiger partial charge in [-0.1, -0.05) is 25.0 Å². The van der Waals surface area contributed by atoms with Crippen LogP contribution in [0.3, 0.4) is 0 Å². The standard InChI is InChI=1S/C15H21N3O/c1-4-5-6-12-14(15(16)18-17-12)11-9-10(2)7-8-13(11)19-3/h7-9H,4-6H2,1-3H3,(H3,16,17,18). The lowest BCUT2D eigenvalue weighted by molar-refractivity contribution is 0.416. The Morgan fingerprint density at radius 1 is 1.37 bits per heavy atom. The average Bonchev–Trinajstić information content (AvgIpc) is 2.77. The lowest BCUT2D eigenvalue weighted by atomic mass is 9.99. The van der Waals surface area contributed by atoms with Crippen LogP contribution in [-0.4, -0.2) is 17.3 Å². The minimum absolute atomic E-state index is 0.537. The smallest absolute Gasteiger partial charge is 0.153 e. The van der Waals surface area contributed by atoms with E-state index >= 15 is 0 Å². The van der Waals surface area contributed by atoms with Crippen LogP contribution in [0.2, 0.25) is 0 Å². The van der Waals surface area contributed by atoms with Crippen molar-refractivity contribution >= 4 is 5.82 Å². The van der Waals surface area contributed by atoms with Crippen molar-refractivity contribution < 1.29 is 4.74 Å². The monoisotopic (exact) mass is 259 g/mol. The number of nitrogens with one attached hydrogen (secondary N) is 1.